The van der Waals surface area contributed by atoms with Crippen molar-refractivity contribution in [2.75, 3.05) is 11.4 Å². The Kier molecular flexibility index (Phi) is 4.47. The molecule has 1 aromatic carbocycles. The van der Waals surface area contributed by atoms with Crippen LogP contribution in [0, 0.1) is 19.7 Å². The highest BCUT2D eigenvalue weighted by molar-refractivity contribution is 7.80. The zero-order valence-electron chi connectivity index (χ0n) is 12.2. The first-order valence-corrected chi connectivity index (χ1v) is 7.04. The van der Waals surface area contributed by atoms with Gasteiger partial charge in [0.15, 0.2) is 5.82 Å². The van der Waals surface area contributed by atoms with E-state index in [0.717, 1.165) is 11.3 Å². The molecule has 0 atom stereocenters. The molecule has 0 aliphatic carbocycles. The Labute approximate surface area is 128 Å². The van der Waals surface area contributed by atoms with Gasteiger partial charge in [-0.05, 0) is 38.5 Å². The van der Waals surface area contributed by atoms with Crippen molar-refractivity contribution in [1.82, 2.24) is 10.2 Å². The summed E-state index contributed by atoms with van der Waals surface area (Å²) in [5.74, 6) is 0.159. The van der Waals surface area contributed by atoms with E-state index in [4.69, 9.17) is 18.0 Å². The second-order valence-corrected chi connectivity index (χ2v) is 5.11. The third kappa shape index (κ3) is 2.85. The Balaban J connectivity index is 2.67. The van der Waals surface area contributed by atoms with Crippen LogP contribution in [0.25, 0.3) is 0 Å². The number of anilines is 2. The zero-order chi connectivity index (χ0) is 15.6. The summed E-state index contributed by atoms with van der Waals surface area (Å²) >= 11 is 5.14. The number of hydrogen-bond acceptors (Lipinski definition) is 4. The van der Waals surface area contributed by atoms with Gasteiger partial charge in [-0.1, -0.05) is 24.4 Å². The summed E-state index contributed by atoms with van der Waals surface area (Å²) in [5, 5.41) is 8.31. The lowest BCUT2D eigenvalue weighted by molar-refractivity contribution is 0.625. The predicted molar refractivity (Wildman–Crippen MR) is 86.5 cm³/mol. The number of benzene rings is 1. The van der Waals surface area contributed by atoms with Crippen LogP contribution in [-0.2, 0) is 0 Å². The first-order valence-electron chi connectivity index (χ1n) is 6.63. The van der Waals surface area contributed by atoms with E-state index in [9.17, 15) is 4.39 Å². The lowest BCUT2D eigenvalue weighted by atomic mass is 10.1. The van der Waals surface area contributed by atoms with Crippen LogP contribution >= 0.6 is 12.2 Å². The fraction of sp³-hybridized carbons (Fsp3) is 0.267. The Bertz CT molecular complexity index is 687. The Morgan fingerprint density at radius 3 is 2.52 bits per heavy atom. The molecule has 0 aliphatic rings. The minimum atomic E-state index is -0.326. The maximum Gasteiger partial charge on any atom is 0.166 e. The van der Waals surface area contributed by atoms with Gasteiger partial charge in [0.05, 0.1) is 16.9 Å². The minimum Gasteiger partial charge on any atom is -0.389 e. The van der Waals surface area contributed by atoms with Crippen molar-refractivity contribution in [3.05, 3.63) is 46.9 Å². The van der Waals surface area contributed by atoms with E-state index >= 15 is 0 Å². The molecule has 0 unspecified atom stereocenters. The van der Waals surface area contributed by atoms with E-state index in [-0.39, 0.29) is 10.8 Å². The van der Waals surface area contributed by atoms with Gasteiger partial charge in [0, 0.05) is 6.54 Å². The SMILES string of the molecule is CCN(c1ccccc1F)c1nnc(C)c(C)c1C(N)=S. The topological polar surface area (TPSA) is 55.0 Å². The number of para-hydroxylation sites is 1. The largest absolute Gasteiger partial charge is 0.389 e. The van der Waals surface area contributed by atoms with Crippen molar-refractivity contribution in [3.63, 3.8) is 0 Å². The summed E-state index contributed by atoms with van der Waals surface area (Å²) in [6, 6.07) is 6.52. The molecule has 4 nitrogen and oxygen atoms in total. The van der Waals surface area contributed by atoms with Crippen molar-refractivity contribution in [2.45, 2.75) is 20.8 Å². The molecule has 6 heteroatoms. The fourth-order valence-electron chi connectivity index (χ4n) is 2.18. The first kappa shape index (κ1) is 15.3. The highest BCUT2D eigenvalue weighted by atomic mass is 32.1. The number of nitrogens with two attached hydrogens (primary N) is 1. The summed E-state index contributed by atoms with van der Waals surface area (Å²) in [6.45, 7) is 6.16. The molecule has 1 aromatic heterocycles. The third-order valence-corrected chi connectivity index (χ3v) is 3.60. The van der Waals surface area contributed by atoms with Crippen molar-refractivity contribution < 1.29 is 4.39 Å². The molecular weight excluding hydrogens is 287 g/mol. The predicted octanol–water partition coefficient (Wildman–Crippen LogP) is 3.02. The highest BCUT2D eigenvalue weighted by Gasteiger charge is 2.21. The maximum absolute atomic E-state index is 14.1. The van der Waals surface area contributed by atoms with Crippen LogP contribution in [0.3, 0.4) is 0 Å². The van der Waals surface area contributed by atoms with Crippen LogP contribution in [-0.4, -0.2) is 21.7 Å². The molecule has 0 aliphatic heterocycles. The van der Waals surface area contributed by atoms with E-state index in [1.165, 1.54) is 6.07 Å². The Hall–Kier alpha value is -2.08. The number of aryl methyl sites for hydroxylation is 1. The van der Waals surface area contributed by atoms with Gasteiger partial charge >= 0.3 is 0 Å². The van der Waals surface area contributed by atoms with Gasteiger partial charge in [-0.3, -0.25) is 0 Å². The number of halogens is 1. The summed E-state index contributed by atoms with van der Waals surface area (Å²) in [6.07, 6.45) is 0. The molecular formula is C15H17FN4S. The molecule has 0 fully saturated rings. The van der Waals surface area contributed by atoms with Crippen LogP contribution in [0.15, 0.2) is 24.3 Å². The number of thiocarbonyl (C=S) groups is 1. The number of nitrogens with zero attached hydrogens (tertiary/aromatic N) is 3. The van der Waals surface area contributed by atoms with Crippen LogP contribution < -0.4 is 10.6 Å². The van der Waals surface area contributed by atoms with Gasteiger partial charge in [0.2, 0.25) is 0 Å². The van der Waals surface area contributed by atoms with Crippen LogP contribution in [0.1, 0.15) is 23.7 Å². The van der Waals surface area contributed by atoms with Gasteiger partial charge in [-0.2, -0.15) is 5.10 Å². The van der Waals surface area contributed by atoms with Gasteiger partial charge in [-0.25, -0.2) is 4.39 Å². The zero-order valence-corrected chi connectivity index (χ0v) is 13.0. The fourth-order valence-corrected chi connectivity index (χ4v) is 2.43. The number of hydrogen-bond donors (Lipinski definition) is 1. The summed E-state index contributed by atoms with van der Waals surface area (Å²) in [7, 11) is 0. The van der Waals surface area contributed by atoms with Crippen molar-refractivity contribution in [3.8, 4) is 0 Å². The number of aromatic nitrogens is 2. The van der Waals surface area contributed by atoms with Gasteiger partial charge in [0.1, 0.15) is 10.8 Å². The summed E-state index contributed by atoms with van der Waals surface area (Å²) < 4.78 is 14.1. The highest BCUT2D eigenvalue weighted by Crippen LogP contribution is 2.30. The molecule has 21 heavy (non-hydrogen) atoms. The average Bonchev–Trinajstić information content (AvgIpc) is 2.45. The first-order chi connectivity index (χ1) is 9.97. The normalized spacial score (nSPS) is 10.5. The molecule has 0 radical (unpaired) electrons. The van der Waals surface area contributed by atoms with Crippen LogP contribution in [0.4, 0.5) is 15.9 Å². The molecule has 2 rings (SSSR count). The smallest absolute Gasteiger partial charge is 0.166 e. The lowest BCUT2D eigenvalue weighted by Gasteiger charge is -2.25. The molecule has 110 valence electrons. The quantitative estimate of drug-likeness (QED) is 0.880. The third-order valence-electron chi connectivity index (χ3n) is 3.40. The van der Waals surface area contributed by atoms with E-state index < -0.39 is 0 Å². The Morgan fingerprint density at radius 1 is 1.29 bits per heavy atom. The van der Waals surface area contributed by atoms with E-state index in [0.29, 0.717) is 23.6 Å². The van der Waals surface area contributed by atoms with Crippen molar-refractivity contribution in [2.24, 2.45) is 5.73 Å². The standard InChI is InChI=1S/C15H17FN4S/c1-4-20(12-8-6-5-7-11(12)16)15-13(14(17)21)9(2)10(3)18-19-15/h5-8H,4H2,1-3H3,(H2,17,21). The van der Waals surface area contributed by atoms with Crippen molar-refractivity contribution in [1.29, 1.82) is 0 Å². The molecule has 2 N–H and O–H groups in total. The van der Waals surface area contributed by atoms with E-state index in [1.54, 1.807) is 23.1 Å². The van der Waals surface area contributed by atoms with Crippen LogP contribution in [0.2, 0.25) is 0 Å². The average molecular weight is 304 g/mol. The lowest BCUT2D eigenvalue weighted by Crippen LogP contribution is -2.25. The van der Waals surface area contributed by atoms with Gasteiger partial charge in [0.25, 0.3) is 0 Å². The second-order valence-electron chi connectivity index (χ2n) is 4.67. The second kappa shape index (κ2) is 6.13. The molecule has 0 amide bonds. The molecule has 0 saturated carbocycles. The Morgan fingerprint density at radius 2 is 1.95 bits per heavy atom. The van der Waals surface area contributed by atoms with Gasteiger partial charge < -0.3 is 10.6 Å². The molecule has 0 spiro atoms. The van der Waals surface area contributed by atoms with E-state index in [2.05, 4.69) is 10.2 Å². The van der Waals surface area contributed by atoms with E-state index in [1.807, 2.05) is 20.8 Å². The molecule has 0 saturated heterocycles. The minimum absolute atomic E-state index is 0.232. The number of rotatable bonds is 4. The molecule has 1 heterocycles. The van der Waals surface area contributed by atoms with Crippen molar-refractivity contribution >= 4 is 28.7 Å². The van der Waals surface area contributed by atoms with Gasteiger partial charge in [-0.15, -0.1) is 5.10 Å². The molecule has 2 aromatic rings. The van der Waals surface area contributed by atoms with Crippen LogP contribution in [0.5, 0.6) is 0 Å². The summed E-state index contributed by atoms with van der Waals surface area (Å²) in [4.78, 5) is 1.96. The monoisotopic (exact) mass is 304 g/mol. The summed E-state index contributed by atoms with van der Waals surface area (Å²) in [5.41, 5.74) is 8.52. The molecule has 0 bridgehead atoms. The maximum atomic E-state index is 14.1.